The number of benzene rings is 2. The van der Waals surface area contributed by atoms with Gasteiger partial charge in [0, 0.05) is 43.7 Å². The quantitative estimate of drug-likeness (QED) is 0.662. The van der Waals surface area contributed by atoms with Crippen LogP contribution in [0.1, 0.15) is 28.8 Å². The van der Waals surface area contributed by atoms with E-state index in [1.165, 1.54) is 18.2 Å². The highest BCUT2D eigenvalue weighted by Gasteiger charge is 2.43. The minimum absolute atomic E-state index is 0.0877. The van der Waals surface area contributed by atoms with Gasteiger partial charge < -0.3 is 10.2 Å². The number of likely N-dealkylation sites (tertiary alicyclic amines) is 1. The van der Waals surface area contributed by atoms with Gasteiger partial charge in [-0.2, -0.15) is 0 Å². The number of aromatic nitrogens is 1. The first-order valence-corrected chi connectivity index (χ1v) is 10.8. The van der Waals surface area contributed by atoms with Crippen molar-refractivity contribution >= 4 is 11.8 Å². The highest BCUT2D eigenvalue weighted by atomic mass is 19.1. The Hall–Kier alpha value is -3.54. The maximum atomic E-state index is 13.7. The van der Waals surface area contributed by atoms with E-state index in [1.807, 2.05) is 42.6 Å². The van der Waals surface area contributed by atoms with E-state index in [0.29, 0.717) is 31.4 Å². The van der Waals surface area contributed by atoms with Crippen LogP contribution in [-0.4, -0.2) is 41.8 Å². The molecule has 1 N–H and O–H groups in total. The van der Waals surface area contributed by atoms with Crippen LogP contribution < -0.4 is 5.32 Å². The Morgan fingerprint density at radius 3 is 2.72 bits per heavy atom. The fourth-order valence-electron chi connectivity index (χ4n) is 4.63. The molecule has 0 aliphatic carbocycles. The first-order valence-electron chi connectivity index (χ1n) is 10.8. The maximum absolute atomic E-state index is 13.7. The topological polar surface area (TPSA) is 62.3 Å². The van der Waals surface area contributed by atoms with Gasteiger partial charge in [-0.1, -0.05) is 36.4 Å². The van der Waals surface area contributed by atoms with Gasteiger partial charge >= 0.3 is 0 Å². The van der Waals surface area contributed by atoms with Gasteiger partial charge in [0.2, 0.25) is 5.91 Å². The average Bonchev–Trinajstić information content (AvgIpc) is 2.84. The number of nitrogens with zero attached hydrogens (tertiary/aromatic N) is 2. The number of carbonyl (C=O) groups is 2. The number of hydrogen-bond acceptors (Lipinski definition) is 3. The molecule has 0 unspecified atom stereocenters. The number of pyridine rings is 1. The molecule has 1 aromatic heterocycles. The molecule has 1 atom stereocenters. The van der Waals surface area contributed by atoms with Crippen molar-refractivity contribution in [3.8, 4) is 11.1 Å². The Bertz CT molecular complexity index is 1120. The van der Waals surface area contributed by atoms with E-state index >= 15 is 0 Å². The third-order valence-electron chi connectivity index (χ3n) is 6.16. The third kappa shape index (κ3) is 4.40. The van der Waals surface area contributed by atoms with Crippen molar-refractivity contribution in [2.75, 3.05) is 20.1 Å². The van der Waals surface area contributed by atoms with Crippen LogP contribution in [0.5, 0.6) is 0 Å². The summed E-state index contributed by atoms with van der Waals surface area (Å²) >= 11 is 0. The molecule has 1 aliphatic rings. The lowest BCUT2D eigenvalue weighted by molar-refractivity contribution is -0.133. The lowest BCUT2D eigenvalue weighted by Gasteiger charge is -2.42. The number of amides is 2. The van der Waals surface area contributed by atoms with E-state index < -0.39 is 11.2 Å². The molecule has 4 rings (SSSR count). The SMILES string of the molecule is CNC(=O)[C@]1(Cc2ccccc2-c2cccnc2)CCCN(C(=O)c2cccc(F)c2)C1. The van der Waals surface area contributed by atoms with Gasteiger partial charge in [0.05, 0.1) is 5.41 Å². The first kappa shape index (κ1) is 21.7. The molecule has 0 spiro atoms. The summed E-state index contributed by atoms with van der Waals surface area (Å²) in [5.41, 5.74) is 2.57. The predicted octanol–water partition coefficient (Wildman–Crippen LogP) is 4.10. The van der Waals surface area contributed by atoms with Crippen LogP contribution in [0.4, 0.5) is 4.39 Å². The van der Waals surface area contributed by atoms with E-state index in [2.05, 4.69) is 10.3 Å². The largest absolute Gasteiger partial charge is 0.359 e. The molecule has 3 aromatic rings. The van der Waals surface area contributed by atoms with Crippen LogP contribution in [0, 0.1) is 11.2 Å². The smallest absolute Gasteiger partial charge is 0.253 e. The molecule has 0 bridgehead atoms. The summed E-state index contributed by atoms with van der Waals surface area (Å²) < 4.78 is 13.7. The van der Waals surface area contributed by atoms with Crippen molar-refractivity contribution in [1.82, 2.24) is 15.2 Å². The molecule has 2 heterocycles. The summed E-state index contributed by atoms with van der Waals surface area (Å²) in [5, 5.41) is 2.81. The molecule has 164 valence electrons. The fraction of sp³-hybridized carbons (Fsp3) is 0.269. The summed E-state index contributed by atoms with van der Waals surface area (Å²) in [6, 6.07) is 17.6. The molecule has 32 heavy (non-hydrogen) atoms. The zero-order valence-electron chi connectivity index (χ0n) is 18.1. The normalized spacial score (nSPS) is 18.2. The average molecular weight is 432 g/mol. The van der Waals surface area contributed by atoms with Crippen LogP contribution >= 0.6 is 0 Å². The summed E-state index contributed by atoms with van der Waals surface area (Å²) in [4.78, 5) is 32.2. The van der Waals surface area contributed by atoms with Crippen molar-refractivity contribution in [2.24, 2.45) is 5.41 Å². The van der Waals surface area contributed by atoms with E-state index in [9.17, 15) is 14.0 Å². The zero-order valence-corrected chi connectivity index (χ0v) is 18.1. The van der Waals surface area contributed by atoms with Gasteiger partial charge in [-0.3, -0.25) is 14.6 Å². The molecule has 1 fully saturated rings. The summed E-state index contributed by atoms with van der Waals surface area (Å²) in [5.74, 6) is -0.788. The molecular weight excluding hydrogens is 405 g/mol. The highest BCUT2D eigenvalue weighted by Crippen LogP contribution is 2.37. The van der Waals surface area contributed by atoms with Crippen LogP contribution in [0.25, 0.3) is 11.1 Å². The molecule has 0 saturated carbocycles. The molecule has 2 aromatic carbocycles. The third-order valence-corrected chi connectivity index (χ3v) is 6.16. The number of rotatable bonds is 5. The number of carbonyl (C=O) groups excluding carboxylic acids is 2. The Labute approximate surface area is 187 Å². The van der Waals surface area contributed by atoms with Gasteiger partial charge in [-0.05, 0) is 54.7 Å². The fourth-order valence-corrected chi connectivity index (χ4v) is 4.63. The molecule has 1 saturated heterocycles. The van der Waals surface area contributed by atoms with Gasteiger partial charge in [-0.15, -0.1) is 0 Å². The van der Waals surface area contributed by atoms with Crippen molar-refractivity contribution in [2.45, 2.75) is 19.3 Å². The van der Waals surface area contributed by atoms with Gasteiger partial charge in [0.15, 0.2) is 0 Å². The Balaban J connectivity index is 1.67. The summed E-state index contributed by atoms with van der Waals surface area (Å²) in [6.07, 6.45) is 5.40. The predicted molar refractivity (Wildman–Crippen MR) is 121 cm³/mol. The number of nitrogens with one attached hydrogen (secondary N) is 1. The molecule has 5 nitrogen and oxygen atoms in total. The maximum Gasteiger partial charge on any atom is 0.253 e. The minimum atomic E-state index is -0.770. The van der Waals surface area contributed by atoms with Gasteiger partial charge in [0.1, 0.15) is 5.82 Å². The van der Waals surface area contributed by atoms with Gasteiger partial charge in [-0.25, -0.2) is 4.39 Å². The monoisotopic (exact) mass is 431 g/mol. The van der Waals surface area contributed by atoms with Crippen molar-refractivity contribution in [1.29, 1.82) is 0 Å². The van der Waals surface area contributed by atoms with Crippen LogP contribution in [0.15, 0.2) is 73.1 Å². The first-order chi connectivity index (χ1) is 15.5. The minimum Gasteiger partial charge on any atom is -0.359 e. The standard InChI is InChI=1S/C26H26FN3O2/c1-28-25(32)26(16-20-7-2-3-11-23(20)21-9-5-13-29-17-21)12-6-14-30(18-26)24(31)19-8-4-10-22(27)15-19/h2-5,7-11,13,15,17H,6,12,14,16,18H2,1H3,(H,28,32)/t26-/m0/s1. The second-order valence-electron chi connectivity index (χ2n) is 8.28. The Morgan fingerprint density at radius 2 is 1.97 bits per heavy atom. The molecule has 1 aliphatic heterocycles. The van der Waals surface area contributed by atoms with Crippen LogP contribution in [0.3, 0.4) is 0 Å². The molecule has 0 radical (unpaired) electrons. The molecular formula is C26H26FN3O2. The van der Waals surface area contributed by atoms with Crippen LogP contribution in [-0.2, 0) is 11.2 Å². The lowest BCUT2D eigenvalue weighted by atomic mass is 9.73. The summed E-state index contributed by atoms with van der Waals surface area (Å²) in [7, 11) is 1.63. The zero-order chi connectivity index (χ0) is 22.6. The number of halogens is 1. The Morgan fingerprint density at radius 1 is 1.12 bits per heavy atom. The van der Waals surface area contributed by atoms with Crippen molar-refractivity contribution in [3.63, 3.8) is 0 Å². The lowest BCUT2D eigenvalue weighted by Crippen LogP contribution is -2.54. The second kappa shape index (κ2) is 9.30. The van der Waals surface area contributed by atoms with Crippen LogP contribution in [0.2, 0.25) is 0 Å². The van der Waals surface area contributed by atoms with Crippen molar-refractivity contribution < 1.29 is 14.0 Å². The Kier molecular flexibility index (Phi) is 6.30. The number of piperidine rings is 1. The van der Waals surface area contributed by atoms with E-state index in [1.54, 1.807) is 24.2 Å². The second-order valence-corrected chi connectivity index (χ2v) is 8.28. The van der Waals surface area contributed by atoms with Crippen molar-refractivity contribution in [3.05, 3.63) is 90.0 Å². The van der Waals surface area contributed by atoms with E-state index in [-0.39, 0.29) is 18.4 Å². The van der Waals surface area contributed by atoms with E-state index in [4.69, 9.17) is 0 Å². The summed E-state index contributed by atoms with van der Waals surface area (Å²) in [6.45, 7) is 0.821. The van der Waals surface area contributed by atoms with E-state index in [0.717, 1.165) is 16.7 Å². The number of hydrogen-bond donors (Lipinski definition) is 1. The highest BCUT2D eigenvalue weighted by molar-refractivity contribution is 5.95. The van der Waals surface area contributed by atoms with Gasteiger partial charge in [0.25, 0.3) is 5.91 Å². The molecule has 2 amide bonds. The molecule has 6 heteroatoms.